The van der Waals surface area contributed by atoms with E-state index in [-0.39, 0.29) is 0 Å². The predicted molar refractivity (Wildman–Crippen MR) is 122 cm³/mol. The normalized spacial score (nSPS) is 47.0. The molecule has 0 aliphatic heterocycles. The van der Waals surface area contributed by atoms with Crippen molar-refractivity contribution in [1.82, 2.24) is 0 Å². The van der Waals surface area contributed by atoms with Crippen molar-refractivity contribution in [3.63, 3.8) is 0 Å². The van der Waals surface area contributed by atoms with Gasteiger partial charge in [0.15, 0.2) is 0 Å². The Hall–Kier alpha value is -0.530. The van der Waals surface area contributed by atoms with E-state index < -0.39 is 0 Å². The second-order valence-corrected chi connectivity index (χ2v) is 12.6. The Labute approximate surface area is 180 Å². The molecule has 29 heavy (non-hydrogen) atoms. The lowest BCUT2D eigenvalue weighted by atomic mass is 9.44. The monoisotopic (exact) mass is 401 g/mol. The third-order valence-corrected chi connectivity index (χ3v) is 10.8. The summed E-state index contributed by atoms with van der Waals surface area (Å²) in [6.07, 6.45) is 16.4. The zero-order valence-electron chi connectivity index (χ0n) is 19.9. The number of hydrogen-bond acceptors (Lipinski definition) is 2. The number of nitrogens with zero attached hydrogens (tertiary/aromatic N) is 1. The highest BCUT2D eigenvalue weighted by atomic mass is 16.4. The molecular weight excluding hydrogens is 354 g/mol. The minimum absolute atomic E-state index is 0.499. The van der Waals surface area contributed by atoms with Gasteiger partial charge in [0.1, 0.15) is 0 Å². The highest BCUT2D eigenvalue weighted by molar-refractivity contribution is 5.85. The van der Waals surface area contributed by atoms with Gasteiger partial charge in [-0.3, -0.25) is 0 Å². The topological polar surface area (TPSA) is 32.6 Å². The Bertz CT molecular complexity index is 612. The summed E-state index contributed by atoms with van der Waals surface area (Å²) in [7, 11) is 0. The van der Waals surface area contributed by atoms with Crippen LogP contribution in [0, 0.1) is 52.3 Å². The summed E-state index contributed by atoms with van der Waals surface area (Å²) in [6, 6.07) is 0. The van der Waals surface area contributed by atoms with Crippen LogP contribution in [0.1, 0.15) is 112 Å². The molecule has 0 heterocycles. The first-order valence-electron chi connectivity index (χ1n) is 13.0. The number of fused-ring (bicyclic) bond motifs is 5. The second kappa shape index (κ2) is 8.19. The van der Waals surface area contributed by atoms with E-state index in [0.29, 0.717) is 10.8 Å². The van der Waals surface area contributed by atoms with E-state index in [1.165, 1.54) is 64.2 Å². The maximum Gasteiger partial charge on any atom is 0.0574 e. The van der Waals surface area contributed by atoms with Gasteiger partial charge in [0.2, 0.25) is 0 Å². The summed E-state index contributed by atoms with van der Waals surface area (Å²) < 4.78 is 0. The fraction of sp³-hybridized carbons (Fsp3) is 0.963. The van der Waals surface area contributed by atoms with E-state index in [1.54, 1.807) is 0 Å². The fourth-order valence-electron chi connectivity index (χ4n) is 9.18. The molecule has 0 spiro atoms. The van der Waals surface area contributed by atoms with Crippen molar-refractivity contribution in [3.05, 3.63) is 0 Å². The molecule has 2 heteroatoms. The van der Waals surface area contributed by atoms with Gasteiger partial charge in [-0.15, -0.1) is 0 Å². The summed E-state index contributed by atoms with van der Waals surface area (Å²) in [5.74, 6) is 6.36. The van der Waals surface area contributed by atoms with Gasteiger partial charge < -0.3 is 5.21 Å². The number of hydrogen-bond donors (Lipinski definition) is 1. The molecule has 0 amide bonds. The maximum atomic E-state index is 9.32. The van der Waals surface area contributed by atoms with Crippen molar-refractivity contribution in [2.24, 2.45) is 57.4 Å². The smallest absolute Gasteiger partial charge is 0.0574 e. The van der Waals surface area contributed by atoms with Crippen molar-refractivity contribution in [3.8, 4) is 0 Å². The third-order valence-electron chi connectivity index (χ3n) is 10.8. The number of rotatable bonds is 5. The molecule has 4 saturated carbocycles. The number of oxime groups is 1. The van der Waals surface area contributed by atoms with Crippen LogP contribution < -0.4 is 0 Å². The second-order valence-electron chi connectivity index (χ2n) is 12.6. The van der Waals surface area contributed by atoms with Crippen LogP contribution in [0.2, 0.25) is 0 Å². The van der Waals surface area contributed by atoms with Crippen molar-refractivity contribution in [2.45, 2.75) is 112 Å². The van der Waals surface area contributed by atoms with E-state index in [9.17, 15) is 5.21 Å². The lowest BCUT2D eigenvalue weighted by Gasteiger charge is -2.60. The van der Waals surface area contributed by atoms with E-state index in [2.05, 4.69) is 39.8 Å². The van der Waals surface area contributed by atoms with E-state index in [4.69, 9.17) is 0 Å². The molecule has 4 rings (SSSR count). The molecule has 0 aromatic heterocycles. The van der Waals surface area contributed by atoms with Gasteiger partial charge in [-0.2, -0.15) is 0 Å². The summed E-state index contributed by atoms with van der Waals surface area (Å²) in [6.45, 7) is 12.6. The predicted octanol–water partition coefficient (Wildman–Crippen LogP) is 7.94. The average Bonchev–Trinajstić information content (AvgIpc) is 3.04. The van der Waals surface area contributed by atoms with E-state index in [1.807, 2.05) is 0 Å². The SMILES string of the molecule is CC(C)CCCC(C)C1CCC2C3CC[C@H]4C/C(=N/O)CCC4(C)C3CCC12C. The van der Waals surface area contributed by atoms with Crippen molar-refractivity contribution >= 4 is 5.71 Å². The minimum atomic E-state index is 0.499. The van der Waals surface area contributed by atoms with Gasteiger partial charge in [-0.25, -0.2) is 0 Å². The quantitative estimate of drug-likeness (QED) is 0.368. The highest BCUT2D eigenvalue weighted by Crippen LogP contribution is 2.68. The Balaban J connectivity index is 1.46. The van der Waals surface area contributed by atoms with E-state index in [0.717, 1.165) is 60.0 Å². The zero-order chi connectivity index (χ0) is 20.8. The van der Waals surface area contributed by atoms with Gasteiger partial charge in [-0.05, 0) is 110 Å². The van der Waals surface area contributed by atoms with Crippen LogP contribution in [0.25, 0.3) is 0 Å². The first-order valence-corrected chi connectivity index (χ1v) is 13.0. The maximum absolute atomic E-state index is 9.32. The van der Waals surface area contributed by atoms with Crippen LogP contribution in [0.15, 0.2) is 5.16 Å². The molecule has 0 aromatic rings. The lowest BCUT2D eigenvalue weighted by molar-refractivity contribution is -0.105. The van der Waals surface area contributed by atoms with Crippen LogP contribution in [0.3, 0.4) is 0 Å². The Kier molecular flexibility index (Phi) is 6.13. The molecule has 8 atom stereocenters. The van der Waals surface area contributed by atoms with E-state index >= 15 is 0 Å². The van der Waals surface area contributed by atoms with Crippen molar-refractivity contribution < 1.29 is 5.21 Å². The van der Waals surface area contributed by atoms with Crippen molar-refractivity contribution in [1.29, 1.82) is 0 Å². The van der Waals surface area contributed by atoms with Gasteiger partial charge in [0.05, 0.1) is 5.71 Å². The molecule has 2 nitrogen and oxygen atoms in total. The van der Waals surface area contributed by atoms with Crippen LogP contribution >= 0.6 is 0 Å². The van der Waals surface area contributed by atoms with Gasteiger partial charge in [0, 0.05) is 0 Å². The molecule has 0 aromatic carbocycles. The molecule has 4 aliphatic carbocycles. The Morgan fingerprint density at radius 2 is 1.69 bits per heavy atom. The molecule has 0 saturated heterocycles. The fourth-order valence-corrected chi connectivity index (χ4v) is 9.18. The largest absolute Gasteiger partial charge is 0.411 e. The van der Waals surface area contributed by atoms with Gasteiger partial charge >= 0.3 is 0 Å². The molecule has 7 unspecified atom stereocenters. The summed E-state index contributed by atoms with van der Waals surface area (Å²) in [5, 5.41) is 12.9. The highest BCUT2D eigenvalue weighted by Gasteiger charge is 2.60. The van der Waals surface area contributed by atoms with Crippen LogP contribution in [-0.4, -0.2) is 10.9 Å². The average molecular weight is 402 g/mol. The van der Waals surface area contributed by atoms with Crippen LogP contribution in [-0.2, 0) is 0 Å². The van der Waals surface area contributed by atoms with Crippen molar-refractivity contribution in [2.75, 3.05) is 0 Å². The Morgan fingerprint density at radius 1 is 0.931 bits per heavy atom. The molecule has 1 N–H and O–H groups in total. The molecule has 0 radical (unpaired) electrons. The zero-order valence-corrected chi connectivity index (χ0v) is 19.9. The molecule has 4 aliphatic rings. The third kappa shape index (κ3) is 3.69. The van der Waals surface area contributed by atoms with Gasteiger partial charge in [0.25, 0.3) is 0 Å². The van der Waals surface area contributed by atoms with Crippen LogP contribution in [0.5, 0.6) is 0 Å². The van der Waals surface area contributed by atoms with Gasteiger partial charge in [-0.1, -0.05) is 59.0 Å². The first-order chi connectivity index (χ1) is 13.8. The summed E-state index contributed by atoms with van der Waals surface area (Å²) >= 11 is 0. The van der Waals surface area contributed by atoms with Crippen LogP contribution in [0.4, 0.5) is 0 Å². The molecule has 166 valence electrons. The standard InChI is InChI=1S/C27H47NO/c1-18(2)7-6-8-19(3)23-11-12-24-22-10-9-20-17-21(28-29)13-15-26(20,4)25(22)14-16-27(23,24)5/h18-20,22-25,29H,6-17H2,1-5H3/b28-21+/t19?,20-,22?,23?,24?,25?,26?,27?/m0/s1. The summed E-state index contributed by atoms with van der Waals surface area (Å²) in [5.41, 5.74) is 2.18. The summed E-state index contributed by atoms with van der Waals surface area (Å²) in [4.78, 5) is 0. The minimum Gasteiger partial charge on any atom is -0.411 e. The molecular formula is C27H47NO. The first kappa shape index (κ1) is 21.7. The lowest BCUT2D eigenvalue weighted by Crippen LogP contribution is -2.53. The molecule has 4 fully saturated rings. The molecule has 0 bridgehead atoms. The Morgan fingerprint density at radius 3 is 2.41 bits per heavy atom.